The molecule has 2 N–H and O–H groups in total. The second-order valence-electron chi connectivity index (χ2n) is 5.77. The summed E-state index contributed by atoms with van der Waals surface area (Å²) in [5.74, 6) is -1.81. The highest BCUT2D eigenvalue weighted by atomic mass is 35.5. The molecule has 1 saturated heterocycles. The number of anilines is 2. The average Bonchev–Trinajstić information content (AvgIpc) is 3.03. The summed E-state index contributed by atoms with van der Waals surface area (Å²) in [6, 6.07) is 7.77. The van der Waals surface area contributed by atoms with E-state index in [1.165, 1.54) is 11.0 Å². The van der Waals surface area contributed by atoms with Crippen LogP contribution in [-0.2, 0) is 0 Å². The number of nitrogens with two attached hydrogens (primary N) is 1. The first-order valence-corrected chi connectivity index (χ1v) is 8.36. The Morgan fingerprint density at radius 2 is 1.96 bits per heavy atom. The SMILES string of the molecule is NC(=O)N(c1cccc(Cl)c1Cl)[C@@H]1CCN(c2ccc(F)c(F)c2)C1. The van der Waals surface area contributed by atoms with Gasteiger partial charge in [0.25, 0.3) is 0 Å². The zero-order valence-electron chi connectivity index (χ0n) is 13.1. The Morgan fingerprint density at radius 3 is 2.64 bits per heavy atom. The molecule has 0 radical (unpaired) electrons. The van der Waals surface area contributed by atoms with Crippen LogP contribution in [-0.4, -0.2) is 25.2 Å². The maximum Gasteiger partial charge on any atom is 0.319 e. The molecule has 132 valence electrons. The molecule has 2 aromatic carbocycles. The second kappa shape index (κ2) is 7.06. The summed E-state index contributed by atoms with van der Waals surface area (Å²) in [7, 11) is 0. The molecule has 0 aromatic heterocycles. The van der Waals surface area contributed by atoms with Crippen LogP contribution in [0, 0.1) is 11.6 Å². The van der Waals surface area contributed by atoms with Crippen molar-refractivity contribution in [2.24, 2.45) is 5.73 Å². The van der Waals surface area contributed by atoms with Gasteiger partial charge in [0.15, 0.2) is 11.6 Å². The predicted octanol–water partition coefficient (Wildman–Crippen LogP) is 4.44. The van der Waals surface area contributed by atoms with Crippen molar-refractivity contribution in [3.8, 4) is 0 Å². The first kappa shape index (κ1) is 17.8. The molecule has 1 heterocycles. The molecule has 4 nitrogen and oxygen atoms in total. The van der Waals surface area contributed by atoms with E-state index in [1.807, 2.05) is 4.90 Å². The van der Waals surface area contributed by atoms with E-state index < -0.39 is 17.7 Å². The van der Waals surface area contributed by atoms with Crippen molar-refractivity contribution < 1.29 is 13.6 Å². The Labute approximate surface area is 153 Å². The van der Waals surface area contributed by atoms with Gasteiger partial charge in [0.05, 0.1) is 21.8 Å². The summed E-state index contributed by atoms with van der Waals surface area (Å²) >= 11 is 12.2. The van der Waals surface area contributed by atoms with Gasteiger partial charge in [-0.1, -0.05) is 29.3 Å². The monoisotopic (exact) mass is 385 g/mol. The van der Waals surface area contributed by atoms with Crippen LogP contribution in [0.2, 0.25) is 10.0 Å². The molecular formula is C17H15Cl2F2N3O. The fourth-order valence-corrected chi connectivity index (χ4v) is 3.43. The van der Waals surface area contributed by atoms with Gasteiger partial charge in [-0.15, -0.1) is 0 Å². The highest BCUT2D eigenvalue weighted by molar-refractivity contribution is 6.44. The number of amides is 2. The van der Waals surface area contributed by atoms with Gasteiger partial charge in [-0.05, 0) is 30.7 Å². The first-order valence-electron chi connectivity index (χ1n) is 7.61. The van der Waals surface area contributed by atoms with Gasteiger partial charge in [-0.2, -0.15) is 0 Å². The van der Waals surface area contributed by atoms with Crippen molar-refractivity contribution in [1.82, 2.24) is 0 Å². The molecule has 1 aliphatic heterocycles. The van der Waals surface area contributed by atoms with E-state index in [9.17, 15) is 13.6 Å². The highest BCUT2D eigenvalue weighted by Crippen LogP contribution is 2.35. The largest absolute Gasteiger partial charge is 0.369 e. The van der Waals surface area contributed by atoms with Gasteiger partial charge in [-0.3, -0.25) is 4.90 Å². The fourth-order valence-electron chi connectivity index (χ4n) is 3.04. The molecule has 0 aliphatic carbocycles. The maximum absolute atomic E-state index is 13.5. The number of hydrogen-bond acceptors (Lipinski definition) is 2. The number of halogens is 4. The smallest absolute Gasteiger partial charge is 0.319 e. The predicted molar refractivity (Wildman–Crippen MR) is 95.5 cm³/mol. The van der Waals surface area contributed by atoms with E-state index in [1.54, 1.807) is 18.2 Å². The Bertz CT molecular complexity index is 818. The molecule has 2 amide bonds. The van der Waals surface area contributed by atoms with Crippen LogP contribution in [0.3, 0.4) is 0 Å². The number of rotatable bonds is 3. The van der Waals surface area contributed by atoms with Crippen molar-refractivity contribution >= 4 is 40.6 Å². The van der Waals surface area contributed by atoms with Crippen molar-refractivity contribution in [3.63, 3.8) is 0 Å². The minimum Gasteiger partial charge on any atom is -0.369 e. The molecule has 2 aromatic rings. The number of primary amides is 1. The highest BCUT2D eigenvalue weighted by Gasteiger charge is 2.32. The summed E-state index contributed by atoms with van der Waals surface area (Å²) in [5.41, 5.74) is 6.53. The van der Waals surface area contributed by atoms with Crippen LogP contribution >= 0.6 is 23.2 Å². The molecule has 1 atom stereocenters. The lowest BCUT2D eigenvalue weighted by molar-refractivity contribution is 0.252. The number of carbonyl (C=O) groups is 1. The molecule has 1 aliphatic rings. The van der Waals surface area contributed by atoms with Crippen LogP contribution in [0.4, 0.5) is 25.0 Å². The molecule has 25 heavy (non-hydrogen) atoms. The standard InChI is InChI=1S/C17H15Cl2F2N3O/c18-12-2-1-3-15(16(12)19)24(17(22)25)11-6-7-23(9-11)10-4-5-13(20)14(21)8-10/h1-5,8,11H,6-7,9H2,(H2,22,25)/t11-/m1/s1. The molecule has 0 spiro atoms. The summed E-state index contributed by atoms with van der Waals surface area (Å²) in [4.78, 5) is 15.3. The Balaban J connectivity index is 1.86. The third kappa shape index (κ3) is 3.50. The Hall–Kier alpha value is -2.05. The van der Waals surface area contributed by atoms with Gasteiger partial charge in [0.2, 0.25) is 0 Å². The minimum atomic E-state index is -0.911. The van der Waals surface area contributed by atoms with Gasteiger partial charge in [-0.25, -0.2) is 13.6 Å². The first-order chi connectivity index (χ1) is 11.9. The molecule has 0 unspecified atom stereocenters. The van der Waals surface area contributed by atoms with Gasteiger partial charge < -0.3 is 10.6 Å². The molecule has 8 heteroatoms. The Morgan fingerprint density at radius 1 is 1.20 bits per heavy atom. The van der Waals surface area contributed by atoms with Crippen molar-refractivity contribution in [1.29, 1.82) is 0 Å². The normalized spacial score (nSPS) is 17.0. The van der Waals surface area contributed by atoms with Gasteiger partial charge in [0.1, 0.15) is 0 Å². The van der Waals surface area contributed by atoms with E-state index in [4.69, 9.17) is 28.9 Å². The molecule has 3 rings (SSSR count). The van der Waals surface area contributed by atoms with Crippen molar-refractivity contribution in [2.45, 2.75) is 12.5 Å². The third-order valence-corrected chi connectivity index (χ3v) is 5.03. The number of urea groups is 1. The lowest BCUT2D eigenvalue weighted by Crippen LogP contribution is -2.45. The molecule has 0 saturated carbocycles. The maximum atomic E-state index is 13.5. The van der Waals surface area contributed by atoms with Crippen LogP contribution in [0.25, 0.3) is 0 Å². The lowest BCUT2D eigenvalue weighted by atomic mass is 10.2. The van der Waals surface area contributed by atoms with E-state index in [0.29, 0.717) is 35.9 Å². The number of carbonyl (C=O) groups excluding carboxylic acids is 1. The van der Waals surface area contributed by atoms with Gasteiger partial charge >= 0.3 is 6.03 Å². The topological polar surface area (TPSA) is 49.6 Å². The van der Waals surface area contributed by atoms with E-state index in [-0.39, 0.29) is 11.1 Å². The van der Waals surface area contributed by atoms with E-state index in [2.05, 4.69) is 0 Å². The van der Waals surface area contributed by atoms with Crippen LogP contribution < -0.4 is 15.5 Å². The lowest BCUT2D eigenvalue weighted by Gasteiger charge is -2.29. The van der Waals surface area contributed by atoms with Crippen LogP contribution in [0.5, 0.6) is 0 Å². The van der Waals surface area contributed by atoms with E-state index in [0.717, 1.165) is 12.1 Å². The number of benzene rings is 2. The fraction of sp³-hybridized carbons (Fsp3) is 0.235. The molecular weight excluding hydrogens is 371 g/mol. The van der Waals surface area contributed by atoms with E-state index >= 15 is 0 Å². The van der Waals surface area contributed by atoms with Crippen LogP contribution in [0.15, 0.2) is 36.4 Å². The number of nitrogens with zero attached hydrogens (tertiary/aromatic N) is 2. The third-order valence-electron chi connectivity index (χ3n) is 4.23. The van der Waals surface area contributed by atoms with Crippen molar-refractivity contribution in [2.75, 3.05) is 22.9 Å². The summed E-state index contributed by atoms with van der Waals surface area (Å²) in [5, 5.41) is 0.565. The minimum absolute atomic E-state index is 0.245. The summed E-state index contributed by atoms with van der Waals surface area (Å²) < 4.78 is 26.6. The zero-order valence-corrected chi connectivity index (χ0v) is 14.6. The quantitative estimate of drug-likeness (QED) is 0.848. The molecule has 1 fully saturated rings. The molecule has 0 bridgehead atoms. The second-order valence-corrected chi connectivity index (χ2v) is 6.55. The zero-order chi connectivity index (χ0) is 18.1. The van der Waals surface area contributed by atoms with Crippen molar-refractivity contribution in [3.05, 3.63) is 58.1 Å². The average molecular weight is 386 g/mol. The summed E-state index contributed by atoms with van der Waals surface area (Å²) in [6.45, 7) is 0.981. The summed E-state index contributed by atoms with van der Waals surface area (Å²) in [6.07, 6.45) is 0.602. The van der Waals surface area contributed by atoms with Crippen LogP contribution in [0.1, 0.15) is 6.42 Å². The van der Waals surface area contributed by atoms with Gasteiger partial charge in [0, 0.05) is 24.8 Å². The number of hydrogen-bond donors (Lipinski definition) is 1. The Kier molecular flexibility index (Phi) is 5.01.